The van der Waals surface area contributed by atoms with E-state index in [1.807, 2.05) is 0 Å². The molecule has 1 N–H and O–H groups in total. The van der Waals surface area contributed by atoms with E-state index in [0.29, 0.717) is 28.4 Å². The lowest BCUT2D eigenvalue weighted by molar-refractivity contribution is -0.0401. The number of ether oxygens (including phenoxy) is 5. The van der Waals surface area contributed by atoms with Crippen LogP contribution in [0.3, 0.4) is 0 Å². The molecule has 1 aliphatic rings. The third kappa shape index (κ3) is 2.80. The quantitative estimate of drug-likeness (QED) is 0.876. The first-order valence-electron chi connectivity index (χ1n) is 7.91. The van der Waals surface area contributed by atoms with Crippen molar-refractivity contribution in [1.82, 2.24) is 0 Å². The Bertz CT molecular complexity index is 831. The number of hydrogen-bond donors (Lipinski definition) is 1. The van der Waals surface area contributed by atoms with E-state index in [-0.39, 0.29) is 17.3 Å². The Morgan fingerprint density at radius 2 is 1.54 bits per heavy atom. The van der Waals surface area contributed by atoms with Crippen LogP contribution in [0.1, 0.15) is 21.8 Å². The van der Waals surface area contributed by atoms with Gasteiger partial charge < -0.3 is 28.8 Å². The van der Waals surface area contributed by atoms with Crippen LogP contribution in [-0.4, -0.2) is 45.6 Å². The molecule has 2 aromatic rings. The average molecular weight is 360 g/mol. The predicted molar refractivity (Wildman–Crippen MR) is 92.8 cm³/mol. The van der Waals surface area contributed by atoms with Crippen LogP contribution in [0, 0.1) is 0 Å². The first-order chi connectivity index (χ1) is 12.5. The van der Waals surface area contributed by atoms with Gasteiger partial charge in [-0.05, 0) is 29.8 Å². The third-order valence-electron chi connectivity index (χ3n) is 4.34. The lowest BCUT2D eigenvalue weighted by atomic mass is 9.87. The number of aliphatic hydroxyl groups is 1. The van der Waals surface area contributed by atoms with Gasteiger partial charge in [-0.25, -0.2) is 0 Å². The minimum Gasteiger partial charge on any atom is -0.493 e. The van der Waals surface area contributed by atoms with E-state index in [0.717, 1.165) is 0 Å². The molecule has 0 radical (unpaired) electrons. The Labute approximate surface area is 151 Å². The molecule has 0 spiro atoms. The normalized spacial score (nSPS) is 18.6. The van der Waals surface area contributed by atoms with Crippen LogP contribution in [0.25, 0.3) is 0 Å². The fourth-order valence-corrected chi connectivity index (χ4v) is 3.06. The zero-order chi connectivity index (χ0) is 18.8. The molecule has 3 rings (SSSR count). The van der Waals surface area contributed by atoms with Crippen LogP contribution in [0.2, 0.25) is 0 Å². The highest BCUT2D eigenvalue weighted by atomic mass is 16.6. The standard InChI is InChI=1S/C19H20O7/c1-22-12-7-5-10(9-14(12)24-3)15-16(20)11-6-8-13(23-2)18(25-4)17(11)26-19(15)21/h5-9,15,19,21H,1-4H3/t15-,19-/m1/s1. The van der Waals surface area contributed by atoms with Gasteiger partial charge in [-0.3, -0.25) is 4.79 Å². The number of carbonyl (C=O) groups is 1. The topological polar surface area (TPSA) is 83.5 Å². The maximum absolute atomic E-state index is 13.0. The zero-order valence-corrected chi connectivity index (χ0v) is 14.9. The molecule has 7 nitrogen and oxygen atoms in total. The second-order valence-electron chi connectivity index (χ2n) is 5.64. The van der Waals surface area contributed by atoms with Crippen molar-refractivity contribution in [2.75, 3.05) is 28.4 Å². The van der Waals surface area contributed by atoms with Crippen molar-refractivity contribution in [3.8, 4) is 28.7 Å². The molecular formula is C19H20O7. The maximum Gasteiger partial charge on any atom is 0.212 e. The molecule has 138 valence electrons. The molecule has 0 aliphatic carbocycles. The van der Waals surface area contributed by atoms with E-state index in [1.165, 1.54) is 28.4 Å². The van der Waals surface area contributed by atoms with Crippen molar-refractivity contribution >= 4 is 5.78 Å². The Hall–Kier alpha value is -2.93. The number of benzene rings is 2. The van der Waals surface area contributed by atoms with Crippen molar-refractivity contribution in [2.24, 2.45) is 0 Å². The van der Waals surface area contributed by atoms with Gasteiger partial charge in [0.1, 0.15) is 5.92 Å². The van der Waals surface area contributed by atoms with Gasteiger partial charge >= 0.3 is 0 Å². The number of ketones is 1. The molecular weight excluding hydrogens is 340 g/mol. The van der Waals surface area contributed by atoms with Gasteiger partial charge in [-0.2, -0.15) is 0 Å². The minimum atomic E-state index is -1.38. The first kappa shape index (κ1) is 17.9. The zero-order valence-electron chi connectivity index (χ0n) is 14.9. The van der Waals surface area contributed by atoms with E-state index in [2.05, 4.69) is 0 Å². The molecule has 0 saturated carbocycles. The molecule has 0 saturated heterocycles. The fraction of sp³-hybridized carbons (Fsp3) is 0.316. The lowest BCUT2D eigenvalue weighted by Gasteiger charge is -2.30. The molecule has 0 amide bonds. The summed E-state index contributed by atoms with van der Waals surface area (Å²) in [5, 5.41) is 10.5. The number of Topliss-reactive ketones (excluding diaryl/α,β-unsaturated/α-hetero) is 1. The first-order valence-corrected chi connectivity index (χ1v) is 7.91. The number of rotatable bonds is 5. The summed E-state index contributed by atoms with van der Waals surface area (Å²) in [6, 6.07) is 8.25. The monoisotopic (exact) mass is 360 g/mol. The van der Waals surface area contributed by atoms with Crippen molar-refractivity contribution in [2.45, 2.75) is 12.2 Å². The highest BCUT2D eigenvalue weighted by Gasteiger charge is 2.40. The highest BCUT2D eigenvalue weighted by molar-refractivity contribution is 6.05. The molecule has 7 heteroatoms. The maximum atomic E-state index is 13.0. The summed E-state index contributed by atoms with van der Waals surface area (Å²) in [5.41, 5.74) is 0.869. The van der Waals surface area contributed by atoms with Gasteiger partial charge in [0.15, 0.2) is 28.8 Å². The minimum absolute atomic E-state index is 0.168. The van der Waals surface area contributed by atoms with E-state index < -0.39 is 12.2 Å². The number of fused-ring (bicyclic) bond motifs is 1. The van der Waals surface area contributed by atoms with Crippen molar-refractivity contribution < 1.29 is 33.6 Å². The van der Waals surface area contributed by atoms with E-state index >= 15 is 0 Å². The lowest BCUT2D eigenvalue weighted by Crippen LogP contribution is -2.36. The molecule has 2 aromatic carbocycles. The van der Waals surface area contributed by atoms with Gasteiger partial charge in [-0.1, -0.05) is 6.07 Å². The van der Waals surface area contributed by atoms with Gasteiger partial charge in [0.25, 0.3) is 0 Å². The van der Waals surface area contributed by atoms with Crippen LogP contribution < -0.4 is 23.7 Å². The predicted octanol–water partition coefficient (Wildman–Crippen LogP) is 2.40. The molecule has 0 fully saturated rings. The smallest absolute Gasteiger partial charge is 0.212 e. The van der Waals surface area contributed by atoms with Crippen molar-refractivity contribution in [3.05, 3.63) is 41.5 Å². The Morgan fingerprint density at radius 3 is 2.15 bits per heavy atom. The molecule has 2 atom stereocenters. The van der Waals surface area contributed by atoms with Gasteiger partial charge in [0.05, 0.1) is 34.0 Å². The number of aliphatic hydroxyl groups excluding tert-OH is 1. The average Bonchev–Trinajstić information content (AvgIpc) is 2.66. The molecule has 1 heterocycles. The van der Waals surface area contributed by atoms with Crippen LogP contribution in [0.5, 0.6) is 28.7 Å². The van der Waals surface area contributed by atoms with Gasteiger partial charge in [0, 0.05) is 0 Å². The summed E-state index contributed by atoms with van der Waals surface area (Å²) >= 11 is 0. The summed E-state index contributed by atoms with van der Waals surface area (Å²) in [6.45, 7) is 0. The van der Waals surface area contributed by atoms with E-state index in [9.17, 15) is 9.90 Å². The van der Waals surface area contributed by atoms with Crippen LogP contribution in [0.15, 0.2) is 30.3 Å². The highest BCUT2D eigenvalue weighted by Crippen LogP contribution is 2.46. The fourth-order valence-electron chi connectivity index (χ4n) is 3.06. The molecule has 0 aromatic heterocycles. The summed E-state index contributed by atoms with van der Waals surface area (Å²) in [7, 11) is 5.96. The van der Waals surface area contributed by atoms with E-state index in [4.69, 9.17) is 23.7 Å². The molecule has 0 unspecified atom stereocenters. The van der Waals surface area contributed by atoms with E-state index in [1.54, 1.807) is 30.3 Å². The Morgan fingerprint density at radius 1 is 0.885 bits per heavy atom. The summed E-state index contributed by atoms with van der Waals surface area (Å²) in [4.78, 5) is 13.0. The molecule has 26 heavy (non-hydrogen) atoms. The largest absolute Gasteiger partial charge is 0.493 e. The summed E-state index contributed by atoms with van der Waals surface area (Å²) < 4.78 is 26.6. The number of carbonyl (C=O) groups excluding carboxylic acids is 1. The molecule has 0 bridgehead atoms. The van der Waals surface area contributed by atoms with Crippen LogP contribution in [0.4, 0.5) is 0 Å². The summed E-state index contributed by atoms with van der Waals surface area (Å²) in [6.07, 6.45) is -1.38. The van der Waals surface area contributed by atoms with Gasteiger partial charge in [-0.15, -0.1) is 0 Å². The number of methoxy groups -OCH3 is 4. The second kappa shape index (κ2) is 7.13. The molecule has 1 aliphatic heterocycles. The Balaban J connectivity index is 2.07. The number of hydrogen-bond acceptors (Lipinski definition) is 7. The van der Waals surface area contributed by atoms with Crippen LogP contribution >= 0.6 is 0 Å². The van der Waals surface area contributed by atoms with Crippen molar-refractivity contribution in [1.29, 1.82) is 0 Å². The Kier molecular flexibility index (Phi) is 4.90. The summed E-state index contributed by atoms with van der Waals surface area (Å²) in [5.74, 6) is 0.650. The second-order valence-corrected chi connectivity index (χ2v) is 5.64. The SMILES string of the molecule is COc1ccc([C@@H]2C(=O)c3ccc(OC)c(OC)c3O[C@H]2O)cc1OC. The third-order valence-corrected chi connectivity index (χ3v) is 4.34. The van der Waals surface area contributed by atoms with Crippen LogP contribution in [-0.2, 0) is 0 Å². The van der Waals surface area contributed by atoms with Crippen molar-refractivity contribution in [3.63, 3.8) is 0 Å². The van der Waals surface area contributed by atoms with Gasteiger partial charge in [0.2, 0.25) is 12.0 Å².